The Bertz CT molecular complexity index is 432. The van der Waals surface area contributed by atoms with E-state index in [1.54, 1.807) is 12.1 Å². The van der Waals surface area contributed by atoms with Crippen molar-refractivity contribution in [2.24, 2.45) is 0 Å². The standard InChI is InChI=1S/C16H28N4O/c1-4-20(5-2)11-7-8-13(3)18-16(21)19-15-10-6-9-14(17)12-15/h6,9-10,12-13H,4-5,7-8,11,17H2,1-3H3,(H2,18,19,21). The molecule has 5 nitrogen and oxygen atoms in total. The monoisotopic (exact) mass is 292 g/mol. The second kappa shape index (κ2) is 9.23. The Balaban J connectivity index is 2.27. The first-order valence-electron chi connectivity index (χ1n) is 7.70. The molecule has 0 heterocycles. The predicted octanol–water partition coefficient (Wildman–Crippen LogP) is 2.90. The van der Waals surface area contributed by atoms with Crippen LogP contribution in [0.15, 0.2) is 24.3 Å². The number of nitrogens with one attached hydrogen (secondary N) is 2. The third kappa shape index (κ3) is 6.99. The van der Waals surface area contributed by atoms with E-state index in [1.165, 1.54) is 0 Å². The van der Waals surface area contributed by atoms with E-state index in [1.807, 2.05) is 19.1 Å². The van der Waals surface area contributed by atoms with Crippen LogP contribution in [0.5, 0.6) is 0 Å². The summed E-state index contributed by atoms with van der Waals surface area (Å²) in [5.74, 6) is 0. The molecule has 0 fully saturated rings. The molecule has 0 saturated carbocycles. The van der Waals surface area contributed by atoms with Gasteiger partial charge < -0.3 is 21.3 Å². The Morgan fingerprint density at radius 2 is 2.05 bits per heavy atom. The molecule has 1 aromatic rings. The summed E-state index contributed by atoms with van der Waals surface area (Å²) in [4.78, 5) is 14.3. The lowest BCUT2D eigenvalue weighted by atomic mass is 10.2. The van der Waals surface area contributed by atoms with Crippen molar-refractivity contribution < 1.29 is 4.79 Å². The number of urea groups is 1. The fourth-order valence-corrected chi connectivity index (χ4v) is 2.24. The second-order valence-electron chi connectivity index (χ2n) is 5.29. The fraction of sp³-hybridized carbons (Fsp3) is 0.562. The van der Waals surface area contributed by atoms with Crippen molar-refractivity contribution in [1.29, 1.82) is 0 Å². The normalized spacial score (nSPS) is 12.2. The zero-order valence-electron chi connectivity index (χ0n) is 13.4. The largest absolute Gasteiger partial charge is 0.399 e. The van der Waals surface area contributed by atoms with Gasteiger partial charge in [-0.05, 0) is 57.6 Å². The summed E-state index contributed by atoms with van der Waals surface area (Å²) < 4.78 is 0. The molecule has 0 bridgehead atoms. The van der Waals surface area contributed by atoms with Gasteiger partial charge in [0, 0.05) is 17.4 Å². The lowest BCUT2D eigenvalue weighted by Crippen LogP contribution is -2.36. The molecule has 0 radical (unpaired) electrons. The van der Waals surface area contributed by atoms with E-state index in [0.717, 1.165) is 32.5 Å². The van der Waals surface area contributed by atoms with E-state index in [2.05, 4.69) is 29.4 Å². The first-order valence-corrected chi connectivity index (χ1v) is 7.70. The summed E-state index contributed by atoms with van der Waals surface area (Å²) in [5, 5.41) is 5.74. The summed E-state index contributed by atoms with van der Waals surface area (Å²) in [7, 11) is 0. The van der Waals surface area contributed by atoms with Crippen molar-refractivity contribution in [3.8, 4) is 0 Å². The minimum absolute atomic E-state index is 0.154. The minimum Gasteiger partial charge on any atom is -0.399 e. The fourth-order valence-electron chi connectivity index (χ4n) is 2.24. The molecule has 1 rings (SSSR count). The van der Waals surface area contributed by atoms with Crippen molar-refractivity contribution >= 4 is 17.4 Å². The lowest BCUT2D eigenvalue weighted by Gasteiger charge is -2.20. The average Bonchev–Trinajstić information content (AvgIpc) is 2.43. The summed E-state index contributed by atoms with van der Waals surface area (Å²) in [6.45, 7) is 9.61. The predicted molar refractivity (Wildman–Crippen MR) is 89.5 cm³/mol. The highest BCUT2D eigenvalue weighted by Gasteiger charge is 2.08. The van der Waals surface area contributed by atoms with Crippen LogP contribution < -0.4 is 16.4 Å². The molecule has 0 spiro atoms. The van der Waals surface area contributed by atoms with Gasteiger partial charge in [-0.1, -0.05) is 19.9 Å². The Hall–Kier alpha value is -1.75. The van der Waals surface area contributed by atoms with Gasteiger partial charge in [0.2, 0.25) is 0 Å². The maximum Gasteiger partial charge on any atom is 0.319 e. The van der Waals surface area contributed by atoms with Crippen LogP contribution in [-0.4, -0.2) is 36.6 Å². The molecular weight excluding hydrogens is 264 g/mol. The van der Waals surface area contributed by atoms with Gasteiger partial charge >= 0.3 is 6.03 Å². The quantitative estimate of drug-likeness (QED) is 0.645. The number of anilines is 2. The molecule has 0 aliphatic carbocycles. The number of carbonyl (C=O) groups excluding carboxylic acids is 1. The van der Waals surface area contributed by atoms with Crippen LogP contribution in [0.1, 0.15) is 33.6 Å². The molecule has 1 atom stereocenters. The van der Waals surface area contributed by atoms with E-state index in [0.29, 0.717) is 11.4 Å². The van der Waals surface area contributed by atoms with Crippen LogP contribution >= 0.6 is 0 Å². The SMILES string of the molecule is CCN(CC)CCCC(C)NC(=O)Nc1cccc(N)c1. The highest BCUT2D eigenvalue weighted by molar-refractivity contribution is 5.89. The first-order chi connectivity index (χ1) is 10.0. The third-order valence-corrected chi connectivity index (χ3v) is 3.53. The molecule has 2 amide bonds. The molecule has 1 aromatic carbocycles. The molecule has 0 aromatic heterocycles. The average molecular weight is 292 g/mol. The van der Waals surface area contributed by atoms with E-state index >= 15 is 0 Å². The maximum absolute atomic E-state index is 11.9. The number of amides is 2. The van der Waals surface area contributed by atoms with Crippen LogP contribution in [0.4, 0.5) is 16.2 Å². The van der Waals surface area contributed by atoms with Crippen LogP contribution in [0.25, 0.3) is 0 Å². The molecule has 5 heteroatoms. The smallest absolute Gasteiger partial charge is 0.319 e. The molecule has 0 aliphatic rings. The summed E-state index contributed by atoms with van der Waals surface area (Å²) in [6.07, 6.45) is 2.06. The van der Waals surface area contributed by atoms with Gasteiger partial charge in [-0.3, -0.25) is 0 Å². The van der Waals surface area contributed by atoms with Gasteiger partial charge in [0.25, 0.3) is 0 Å². The Labute approximate surface area is 127 Å². The van der Waals surface area contributed by atoms with Crippen molar-refractivity contribution in [3.63, 3.8) is 0 Å². The van der Waals surface area contributed by atoms with E-state index in [9.17, 15) is 4.79 Å². The first kappa shape index (κ1) is 17.3. The number of rotatable bonds is 8. The number of hydrogen-bond acceptors (Lipinski definition) is 3. The molecule has 0 saturated heterocycles. The topological polar surface area (TPSA) is 70.4 Å². The lowest BCUT2D eigenvalue weighted by molar-refractivity contribution is 0.247. The second-order valence-corrected chi connectivity index (χ2v) is 5.29. The van der Waals surface area contributed by atoms with Gasteiger partial charge in [0.15, 0.2) is 0 Å². The van der Waals surface area contributed by atoms with E-state index in [-0.39, 0.29) is 12.1 Å². The number of nitrogens with two attached hydrogens (primary N) is 1. The Morgan fingerprint density at radius 3 is 2.67 bits per heavy atom. The molecule has 118 valence electrons. The highest BCUT2D eigenvalue weighted by Crippen LogP contribution is 2.11. The van der Waals surface area contributed by atoms with Crippen LogP contribution in [-0.2, 0) is 0 Å². The summed E-state index contributed by atoms with van der Waals surface area (Å²) in [6, 6.07) is 7.14. The van der Waals surface area contributed by atoms with E-state index in [4.69, 9.17) is 5.73 Å². The molecular formula is C16H28N4O. The van der Waals surface area contributed by atoms with Gasteiger partial charge in [0.1, 0.15) is 0 Å². The van der Waals surface area contributed by atoms with Crippen molar-refractivity contribution in [2.45, 2.75) is 39.7 Å². The molecule has 0 aliphatic heterocycles. The van der Waals surface area contributed by atoms with Gasteiger partial charge in [-0.2, -0.15) is 0 Å². The van der Waals surface area contributed by atoms with Crippen molar-refractivity contribution in [3.05, 3.63) is 24.3 Å². The van der Waals surface area contributed by atoms with Crippen LogP contribution in [0.2, 0.25) is 0 Å². The van der Waals surface area contributed by atoms with Crippen molar-refractivity contribution in [2.75, 3.05) is 30.7 Å². The summed E-state index contributed by atoms with van der Waals surface area (Å²) >= 11 is 0. The number of benzene rings is 1. The molecule has 4 N–H and O–H groups in total. The van der Waals surface area contributed by atoms with Crippen molar-refractivity contribution in [1.82, 2.24) is 10.2 Å². The molecule has 21 heavy (non-hydrogen) atoms. The van der Waals surface area contributed by atoms with Gasteiger partial charge in [-0.15, -0.1) is 0 Å². The summed E-state index contributed by atoms with van der Waals surface area (Å²) in [5.41, 5.74) is 7.03. The highest BCUT2D eigenvalue weighted by atomic mass is 16.2. The number of nitrogen functional groups attached to an aromatic ring is 1. The van der Waals surface area contributed by atoms with Crippen LogP contribution in [0, 0.1) is 0 Å². The van der Waals surface area contributed by atoms with E-state index < -0.39 is 0 Å². The minimum atomic E-state index is -0.184. The number of nitrogens with zero attached hydrogens (tertiary/aromatic N) is 1. The maximum atomic E-state index is 11.9. The van der Waals surface area contributed by atoms with Gasteiger partial charge in [0.05, 0.1) is 0 Å². The Morgan fingerprint density at radius 1 is 1.33 bits per heavy atom. The Kier molecular flexibility index (Phi) is 7.61. The molecule has 1 unspecified atom stereocenters. The zero-order chi connectivity index (χ0) is 15.7. The number of hydrogen-bond donors (Lipinski definition) is 3. The zero-order valence-corrected chi connectivity index (χ0v) is 13.4. The van der Waals surface area contributed by atoms with Gasteiger partial charge in [-0.25, -0.2) is 4.79 Å². The number of carbonyl (C=O) groups is 1. The third-order valence-electron chi connectivity index (χ3n) is 3.53. The van der Waals surface area contributed by atoms with Crippen LogP contribution in [0.3, 0.4) is 0 Å².